The molecular weight excluding hydrogens is 287 g/mol. The Hall–Kier alpha value is -0.750. The fraction of sp³-hybridized carbons (Fsp3) is 0.400. The van der Waals surface area contributed by atoms with Gasteiger partial charge in [-0.25, -0.2) is 0 Å². The molecule has 16 heavy (non-hydrogen) atoms. The minimum Gasteiger partial charge on any atom is -0.491 e. The molecule has 0 spiro atoms. The van der Waals surface area contributed by atoms with Gasteiger partial charge in [-0.05, 0) is 28.1 Å². The van der Waals surface area contributed by atoms with Crippen molar-refractivity contribution in [3.05, 3.63) is 28.7 Å². The van der Waals surface area contributed by atoms with Gasteiger partial charge in [0.15, 0.2) is 0 Å². The lowest BCUT2D eigenvalue weighted by molar-refractivity contribution is -0.124. The SMILES string of the molecule is FC(F)(F)CNCCOc1ccccc1Br. The van der Waals surface area contributed by atoms with Gasteiger partial charge in [0.2, 0.25) is 0 Å². The Kier molecular flexibility index (Phi) is 5.08. The van der Waals surface area contributed by atoms with Gasteiger partial charge in [-0.3, -0.25) is 0 Å². The van der Waals surface area contributed by atoms with Gasteiger partial charge in [-0.2, -0.15) is 13.2 Å². The van der Waals surface area contributed by atoms with Gasteiger partial charge in [0, 0.05) is 6.54 Å². The van der Waals surface area contributed by atoms with Crippen LogP contribution in [0.4, 0.5) is 13.2 Å². The van der Waals surface area contributed by atoms with Crippen molar-refractivity contribution in [1.29, 1.82) is 0 Å². The second kappa shape index (κ2) is 6.10. The van der Waals surface area contributed by atoms with Crippen LogP contribution in [0.3, 0.4) is 0 Å². The van der Waals surface area contributed by atoms with Crippen molar-refractivity contribution < 1.29 is 17.9 Å². The van der Waals surface area contributed by atoms with Gasteiger partial charge in [0.25, 0.3) is 0 Å². The largest absolute Gasteiger partial charge is 0.491 e. The van der Waals surface area contributed by atoms with Crippen LogP contribution in [-0.2, 0) is 0 Å². The van der Waals surface area contributed by atoms with Crippen LogP contribution in [-0.4, -0.2) is 25.9 Å². The molecule has 0 aliphatic rings. The van der Waals surface area contributed by atoms with Crippen molar-refractivity contribution in [1.82, 2.24) is 5.32 Å². The molecule has 0 bridgehead atoms. The number of rotatable bonds is 5. The van der Waals surface area contributed by atoms with Crippen molar-refractivity contribution in [2.24, 2.45) is 0 Å². The second-order valence-corrected chi connectivity index (χ2v) is 3.93. The number of halogens is 4. The van der Waals surface area contributed by atoms with E-state index >= 15 is 0 Å². The first-order valence-electron chi connectivity index (χ1n) is 4.64. The predicted octanol–water partition coefficient (Wildman–Crippen LogP) is 2.98. The van der Waals surface area contributed by atoms with E-state index in [0.717, 1.165) is 4.47 Å². The molecule has 1 aromatic carbocycles. The highest BCUT2D eigenvalue weighted by Gasteiger charge is 2.25. The lowest BCUT2D eigenvalue weighted by atomic mass is 10.3. The molecule has 0 aliphatic heterocycles. The summed E-state index contributed by atoms with van der Waals surface area (Å²) in [6.45, 7) is -0.647. The molecule has 0 aliphatic carbocycles. The molecule has 0 amide bonds. The summed E-state index contributed by atoms with van der Waals surface area (Å²) in [5.74, 6) is 0.622. The zero-order chi connectivity index (χ0) is 12.0. The van der Waals surface area contributed by atoms with E-state index in [4.69, 9.17) is 4.74 Å². The molecule has 2 nitrogen and oxygen atoms in total. The highest BCUT2D eigenvalue weighted by atomic mass is 79.9. The quantitative estimate of drug-likeness (QED) is 0.844. The van der Waals surface area contributed by atoms with E-state index in [0.29, 0.717) is 5.75 Å². The molecular formula is C10H11BrF3NO. The fourth-order valence-corrected chi connectivity index (χ4v) is 1.42. The zero-order valence-corrected chi connectivity index (χ0v) is 9.94. The third kappa shape index (κ3) is 5.37. The Morgan fingerprint density at radius 1 is 1.25 bits per heavy atom. The Balaban J connectivity index is 2.19. The van der Waals surface area contributed by atoms with Crippen LogP contribution in [0, 0.1) is 0 Å². The summed E-state index contributed by atoms with van der Waals surface area (Å²) in [7, 11) is 0. The molecule has 0 saturated heterocycles. The van der Waals surface area contributed by atoms with Crippen molar-refractivity contribution in [3.63, 3.8) is 0 Å². The molecule has 0 heterocycles. The van der Waals surface area contributed by atoms with Crippen molar-refractivity contribution in [3.8, 4) is 5.75 Å². The number of nitrogens with one attached hydrogen (secondary N) is 1. The first-order chi connectivity index (χ1) is 7.49. The molecule has 0 saturated carbocycles. The van der Waals surface area contributed by atoms with Gasteiger partial charge >= 0.3 is 6.18 Å². The maximum Gasteiger partial charge on any atom is 0.401 e. The van der Waals surface area contributed by atoms with E-state index in [1.54, 1.807) is 18.2 Å². The van der Waals surface area contributed by atoms with E-state index < -0.39 is 12.7 Å². The van der Waals surface area contributed by atoms with Crippen LogP contribution in [0.15, 0.2) is 28.7 Å². The first kappa shape index (κ1) is 13.3. The third-order valence-corrected chi connectivity index (χ3v) is 2.35. The maximum atomic E-state index is 11.8. The van der Waals surface area contributed by atoms with Gasteiger partial charge in [-0.1, -0.05) is 12.1 Å². The summed E-state index contributed by atoms with van der Waals surface area (Å²) in [5.41, 5.74) is 0. The van der Waals surface area contributed by atoms with Crippen molar-refractivity contribution in [2.45, 2.75) is 6.18 Å². The smallest absolute Gasteiger partial charge is 0.401 e. The van der Waals surface area contributed by atoms with Gasteiger partial charge in [0.05, 0.1) is 11.0 Å². The molecule has 1 rings (SSSR count). The highest BCUT2D eigenvalue weighted by molar-refractivity contribution is 9.10. The summed E-state index contributed by atoms with van der Waals surface area (Å²) < 4.78 is 41.3. The molecule has 1 N–H and O–H groups in total. The highest BCUT2D eigenvalue weighted by Crippen LogP contribution is 2.23. The van der Waals surface area contributed by atoms with Crippen LogP contribution < -0.4 is 10.1 Å². The molecule has 0 unspecified atom stereocenters. The molecule has 1 aromatic rings. The van der Waals surface area contributed by atoms with Crippen molar-refractivity contribution in [2.75, 3.05) is 19.7 Å². The molecule has 90 valence electrons. The number of benzene rings is 1. The Labute approximate surface area is 99.9 Å². The number of para-hydroxylation sites is 1. The lowest BCUT2D eigenvalue weighted by Crippen LogP contribution is -2.31. The number of hydrogen-bond acceptors (Lipinski definition) is 2. The molecule has 0 aromatic heterocycles. The van der Waals surface area contributed by atoms with Gasteiger partial charge in [-0.15, -0.1) is 0 Å². The van der Waals surface area contributed by atoms with E-state index in [-0.39, 0.29) is 13.2 Å². The average molecular weight is 298 g/mol. The van der Waals surface area contributed by atoms with E-state index in [9.17, 15) is 13.2 Å². The Bertz CT molecular complexity index is 330. The normalized spacial score (nSPS) is 11.5. The van der Waals surface area contributed by atoms with Crippen LogP contribution in [0.1, 0.15) is 0 Å². The lowest BCUT2D eigenvalue weighted by Gasteiger charge is -2.10. The monoisotopic (exact) mass is 297 g/mol. The van der Waals surface area contributed by atoms with Crippen LogP contribution >= 0.6 is 15.9 Å². The van der Waals surface area contributed by atoms with E-state index in [1.807, 2.05) is 6.07 Å². The standard InChI is InChI=1S/C10H11BrF3NO/c11-8-3-1-2-4-9(8)16-6-5-15-7-10(12,13)14/h1-4,15H,5-7H2. The minimum absolute atomic E-state index is 0.154. The first-order valence-corrected chi connectivity index (χ1v) is 5.43. The van der Waals surface area contributed by atoms with E-state index in [1.165, 1.54) is 0 Å². The summed E-state index contributed by atoms with van der Waals surface area (Å²) in [4.78, 5) is 0. The van der Waals surface area contributed by atoms with Crippen LogP contribution in [0.5, 0.6) is 5.75 Å². The fourth-order valence-electron chi connectivity index (χ4n) is 1.03. The molecule has 0 radical (unpaired) electrons. The maximum absolute atomic E-state index is 11.8. The summed E-state index contributed by atoms with van der Waals surface area (Å²) in [6.07, 6.45) is -4.17. The van der Waals surface area contributed by atoms with E-state index in [2.05, 4.69) is 21.2 Å². The number of ether oxygens (including phenoxy) is 1. The summed E-state index contributed by atoms with van der Waals surface area (Å²) in [5, 5.41) is 2.25. The predicted molar refractivity (Wildman–Crippen MR) is 58.6 cm³/mol. The Morgan fingerprint density at radius 3 is 2.56 bits per heavy atom. The number of alkyl halides is 3. The number of hydrogen-bond donors (Lipinski definition) is 1. The van der Waals surface area contributed by atoms with Crippen LogP contribution in [0.25, 0.3) is 0 Å². The minimum atomic E-state index is -4.17. The average Bonchev–Trinajstić information content (AvgIpc) is 2.18. The molecule has 6 heteroatoms. The third-order valence-electron chi connectivity index (χ3n) is 1.70. The van der Waals surface area contributed by atoms with Crippen molar-refractivity contribution >= 4 is 15.9 Å². The Morgan fingerprint density at radius 2 is 1.94 bits per heavy atom. The van der Waals surface area contributed by atoms with Gasteiger partial charge < -0.3 is 10.1 Å². The topological polar surface area (TPSA) is 21.3 Å². The van der Waals surface area contributed by atoms with Crippen LogP contribution in [0.2, 0.25) is 0 Å². The van der Waals surface area contributed by atoms with Gasteiger partial charge in [0.1, 0.15) is 12.4 Å². The molecule has 0 atom stereocenters. The summed E-state index contributed by atoms with van der Waals surface area (Å²) >= 11 is 3.27. The molecule has 0 fully saturated rings. The second-order valence-electron chi connectivity index (χ2n) is 3.07. The zero-order valence-electron chi connectivity index (χ0n) is 8.35. The summed E-state index contributed by atoms with van der Waals surface area (Å²) in [6, 6.07) is 7.17.